The van der Waals surface area contributed by atoms with Gasteiger partial charge in [0.25, 0.3) is 0 Å². The van der Waals surface area contributed by atoms with Gasteiger partial charge in [-0.05, 0) is 24.6 Å². The zero-order valence-electron chi connectivity index (χ0n) is 10.1. The van der Waals surface area contributed by atoms with Gasteiger partial charge in [-0.3, -0.25) is 0 Å². The Labute approximate surface area is 112 Å². The summed E-state index contributed by atoms with van der Waals surface area (Å²) in [4.78, 5) is 4.36. The number of thiazole rings is 1. The van der Waals surface area contributed by atoms with Crippen LogP contribution < -0.4 is 5.73 Å². The first-order valence-electron chi connectivity index (χ1n) is 5.59. The maximum atomic E-state index is 13.0. The van der Waals surface area contributed by atoms with E-state index in [0.717, 1.165) is 10.6 Å². The van der Waals surface area contributed by atoms with Crippen molar-refractivity contribution in [2.75, 3.05) is 5.73 Å². The number of hydrogen-bond acceptors (Lipinski definition) is 5. The van der Waals surface area contributed by atoms with E-state index in [4.69, 9.17) is 10.3 Å². The highest BCUT2D eigenvalue weighted by Gasteiger charge is 2.19. The van der Waals surface area contributed by atoms with E-state index in [1.165, 1.54) is 23.5 Å². The first-order chi connectivity index (χ1) is 9.15. The molecule has 3 aromatic rings. The van der Waals surface area contributed by atoms with E-state index >= 15 is 0 Å². The molecule has 96 valence electrons. The number of nitrogen functional groups attached to an aromatic ring is 1. The van der Waals surface area contributed by atoms with Gasteiger partial charge in [0.15, 0.2) is 0 Å². The van der Waals surface area contributed by atoms with Gasteiger partial charge in [-0.1, -0.05) is 17.3 Å². The van der Waals surface area contributed by atoms with Gasteiger partial charge in [-0.2, -0.15) is 0 Å². The third kappa shape index (κ3) is 2.10. The first kappa shape index (κ1) is 11.9. The van der Waals surface area contributed by atoms with E-state index in [0.29, 0.717) is 17.0 Å². The van der Waals surface area contributed by atoms with Crippen molar-refractivity contribution in [3.05, 3.63) is 40.5 Å². The lowest BCUT2D eigenvalue weighted by Crippen LogP contribution is -1.88. The van der Waals surface area contributed by atoms with Crippen molar-refractivity contribution in [2.24, 2.45) is 0 Å². The molecule has 0 aliphatic carbocycles. The number of hydrogen-bond donors (Lipinski definition) is 1. The van der Waals surface area contributed by atoms with E-state index in [-0.39, 0.29) is 11.7 Å². The van der Waals surface area contributed by atoms with Crippen LogP contribution in [0.1, 0.15) is 5.01 Å². The van der Waals surface area contributed by atoms with Crippen molar-refractivity contribution in [1.82, 2.24) is 10.1 Å². The summed E-state index contributed by atoms with van der Waals surface area (Å²) in [5.74, 6) is -0.0999. The molecule has 0 atom stereocenters. The topological polar surface area (TPSA) is 64.9 Å². The zero-order valence-corrected chi connectivity index (χ0v) is 10.9. The summed E-state index contributed by atoms with van der Waals surface area (Å²) in [6, 6.07) is 6.03. The number of anilines is 1. The molecule has 0 bridgehead atoms. The molecule has 6 heteroatoms. The number of nitrogens with zero attached hydrogens (tertiary/aromatic N) is 2. The summed E-state index contributed by atoms with van der Waals surface area (Å²) in [6.45, 7) is 1.91. The second kappa shape index (κ2) is 4.47. The summed E-state index contributed by atoms with van der Waals surface area (Å²) in [5, 5.41) is 6.77. The molecular formula is C13H10FN3OS. The van der Waals surface area contributed by atoms with Crippen molar-refractivity contribution < 1.29 is 8.91 Å². The van der Waals surface area contributed by atoms with Crippen LogP contribution in [0.5, 0.6) is 0 Å². The van der Waals surface area contributed by atoms with Crippen LogP contribution in [0.3, 0.4) is 0 Å². The third-order valence-corrected chi connectivity index (χ3v) is 3.49. The maximum absolute atomic E-state index is 13.0. The van der Waals surface area contributed by atoms with Crippen LogP contribution in [0.25, 0.3) is 22.5 Å². The van der Waals surface area contributed by atoms with Crippen LogP contribution in [0, 0.1) is 12.7 Å². The van der Waals surface area contributed by atoms with Gasteiger partial charge in [0.2, 0.25) is 5.88 Å². The summed E-state index contributed by atoms with van der Waals surface area (Å²) >= 11 is 1.52. The van der Waals surface area contributed by atoms with Crippen LogP contribution in [0.15, 0.2) is 34.2 Å². The van der Waals surface area contributed by atoms with E-state index in [1.807, 2.05) is 12.3 Å². The highest BCUT2D eigenvalue weighted by atomic mass is 32.1. The SMILES string of the molecule is Cc1nc(-c2noc(N)c2-c2ccc(F)cc2)cs1. The van der Waals surface area contributed by atoms with Gasteiger partial charge in [-0.25, -0.2) is 9.37 Å². The molecule has 19 heavy (non-hydrogen) atoms. The van der Waals surface area contributed by atoms with Crippen LogP contribution in [-0.4, -0.2) is 10.1 Å². The number of benzene rings is 1. The summed E-state index contributed by atoms with van der Waals surface area (Å²) in [5.41, 5.74) is 8.49. The van der Waals surface area contributed by atoms with Crippen LogP contribution in [-0.2, 0) is 0 Å². The minimum absolute atomic E-state index is 0.201. The average molecular weight is 275 g/mol. The van der Waals surface area contributed by atoms with Crippen molar-refractivity contribution in [3.8, 4) is 22.5 Å². The van der Waals surface area contributed by atoms with Crippen molar-refractivity contribution in [2.45, 2.75) is 6.92 Å². The largest absolute Gasteiger partial charge is 0.367 e. The maximum Gasteiger partial charge on any atom is 0.230 e. The average Bonchev–Trinajstić information content (AvgIpc) is 2.97. The number of halogens is 1. The molecular weight excluding hydrogens is 265 g/mol. The highest BCUT2D eigenvalue weighted by molar-refractivity contribution is 7.09. The fourth-order valence-electron chi connectivity index (χ4n) is 1.85. The Balaban J connectivity index is 2.16. The predicted molar refractivity (Wildman–Crippen MR) is 72.2 cm³/mol. The Morgan fingerprint density at radius 2 is 2.00 bits per heavy atom. The number of nitrogens with two attached hydrogens (primary N) is 1. The highest BCUT2D eigenvalue weighted by Crippen LogP contribution is 2.36. The summed E-state index contributed by atoms with van der Waals surface area (Å²) in [6.07, 6.45) is 0. The van der Waals surface area contributed by atoms with Gasteiger partial charge < -0.3 is 10.3 Å². The summed E-state index contributed by atoms with van der Waals surface area (Å²) < 4.78 is 18.0. The number of aryl methyl sites for hydroxylation is 1. The van der Waals surface area contributed by atoms with Crippen LogP contribution in [0.2, 0.25) is 0 Å². The molecule has 1 aromatic carbocycles. The standard InChI is InChI=1S/C13H10FN3OS/c1-7-16-10(6-19-7)12-11(13(15)18-17-12)8-2-4-9(14)5-3-8/h2-6H,15H2,1H3. The molecule has 0 aliphatic rings. The monoisotopic (exact) mass is 275 g/mol. The van der Waals surface area contributed by atoms with E-state index in [1.54, 1.807) is 12.1 Å². The van der Waals surface area contributed by atoms with E-state index in [2.05, 4.69) is 10.1 Å². The second-order valence-electron chi connectivity index (χ2n) is 4.03. The number of rotatable bonds is 2. The number of aromatic nitrogens is 2. The van der Waals surface area contributed by atoms with Crippen LogP contribution >= 0.6 is 11.3 Å². The van der Waals surface area contributed by atoms with E-state index in [9.17, 15) is 4.39 Å². The van der Waals surface area contributed by atoms with Crippen molar-refractivity contribution in [1.29, 1.82) is 0 Å². The molecule has 0 saturated carbocycles. The van der Waals surface area contributed by atoms with Crippen molar-refractivity contribution in [3.63, 3.8) is 0 Å². The molecule has 2 aromatic heterocycles. The fraction of sp³-hybridized carbons (Fsp3) is 0.0769. The molecule has 0 fully saturated rings. The van der Waals surface area contributed by atoms with Gasteiger partial charge >= 0.3 is 0 Å². The molecule has 2 N–H and O–H groups in total. The van der Waals surface area contributed by atoms with Gasteiger partial charge in [0.1, 0.15) is 17.2 Å². The van der Waals surface area contributed by atoms with Gasteiger partial charge in [-0.15, -0.1) is 11.3 Å². The Kier molecular flexibility index (Phi) is 2.79. The fourth-order valence-corrected chi connectivity index (χ4v) is 2.44. The van der Waals surface area contributed by atoms with Gasteiger partial charge in [0.05, 0.1) is 10.6 Å². The lowest BCUT2D eigenvalue weighted by atomic mass is 10.0. The predicted octanol–water partition coefficient (Wildman–Crippen LogP) is 3.49. The van der Waals surface area contributed by atoms with Gasteiger partial charge in [0, 0.05) is 5.38 Å². The molecule has 0 spiro atoms. The molecule has 0 unspecified atom stereocenters. The molecule has 0 amide bonds. The Bertz CT molecular complexity index is 718. The molecule has 0 saturated heterocycles. The Morgan fingerprint density at radius 1 is 1.26 bits per heavy atom. The zero-order chi connectivity index (χ0) is 13.4. The molecule has 3 rings (SSSR count). The lowest BCUT2D eigenvalue weighted by molar-refractivity contribution is 0.439. The molecule has 4 nitrogen and oxygen atoms in total. The first-order valence-corrected chi connectivity index (χ1v) is 6.46. The third-order valence-electron chi connectivity index (χ3n) is 2.71. The Hall–Kier alpha value is -2.21. The molecule has 2 heterocycles. The normalized spacial score (nSPS) is 10.8. The van der Waals surface area contributed by atoms with E-state index < -0.39 is 0 Å². The Morgan fingerprint density at radius 3 is 2.63 bits per heavy atom. The summed E-state index contributed by atoms with van der Waals surface area (Å²) in [7, 11) is 0. The smallest absolute Gasteiger partial charge is 0.230 e. The minimum Gasteiger partial charge on any atom is -0.367 e. The van der Waals surface area contributed by atoms with Crippen LogP contribution in [0.4, 0.5) is 10.3 Å². The second-order valence-corrected chi connectivity index (χ2v) is 5.09. The minimum atomic E-state index is -0.301. The lowest BCUT2D eigenvalue weighted by Gasteiger charge is -2.00. The van der Waals surface area contributed by atoms with Crippen molar-refractivity contribution >= 4 is 17.2 Å². The molecule has 0 aliphatic heterocycles. The molecule has 0 radical (unpaired) electrons. The quantitative estimate of drug-likeness (QED) is 0.777.